The number of halogens is 3. The third-order valence-corrected chi connectivity index (χ3v) is 7.49. The van der Waals surface area contributed by atoms with Crippen molar-refractivity contribution in [2.75, 3.05) is 23.7 Å². The molecule has 0 aromatic heterocycles. The molecule has 0 aliphatic heterocycles. The molecule has 0 unspecified atom stereocenters. The van der Waals surface area contributed by atoms with E-state index in [9.17, 15) is 22.4 Å². The molecule has 1 atom stereocenters. The van der Waals surface area contributed by atoms with Crippen LogP contribution in [0, 0.1) is 5.82 Å². The number of hydrogen-bond acceptors (Lipinski definition) is 4. The van der Waals surface area contributed by atoms with E-state index in [1.165, 1.54) is 29.2 Å². The quantitative estimate of drug-likeness (QED) is 0.357. The third kappa shape index (κ3) is 7.69. The Bertz CT molecular complexity index is 1390. The normalized spacial score (nSPS) is 12.0. The highest BCUT2D eigenvalue weighted by Crippen LogP contribution is 2.26. The van der Waals surface area contributed by atoms with E-state index in [-0.39, 0.29) is 23.7 Å². The first-order valence-electron chi connectivity index (χ1n) is 11.8. The summed E-state index contributed by atoms with van der Waals surface area (Å²) < 4.78 is 40.6. The van der Waals surface area contributed by atoms with Gasteiger partial charge in [-0.3, -0.25) is 13.9 Å². The Hall–Kier alpha value is -3.14. The minimum absolute atomic E-state index is 0.113. The van der Waals surface area contributed by atoms with E-state index in [0.29, 0.717) is 21.4 Å². The average Bonchev–Trinajstić information content (AvgIpc) is 2.86. The van der Waals surface area contributed by atoms with Gasteiger partial charge in [0.1, 0.15) is 18.4 Å². The fourth-order valence-corrected chi connectivity index (χ4v) is 5.25. The number of carbonyl (C=O) groups excluding carboxylic acids is 2. The molecule has 0 saturated heterocycles. The zero-order valence-electron chi connectivity index (χ0n) is 20.9. The van der Waals surface area contributed by atoms with Gasteiger partial charge in [0.15, 0.2) is 0 Å². The lowest BCUT2D eigenvalue weighted by Crippen LogP contribution is -2.53. The summed E-state index contributed by atoms with van der Waals surface area (Å²) in [4.78, 5) is 28.4. The van der Waals surface area contributed by atoms with Crippen molar-refractivity contribution in [1.82, 2.24) is 10.2 Å². The SMILES string of the molecule is CCNC(=O)[C@@H](Cc1ccccc1)N(Cc1ccc(Cl)cc1Cl)C(=O)CN(c1ccccc1F)S(C)(=O)=O. The van der Waals surface area contributed by atoms with Gasteiger partial charge in [-0.25, -0.2) is 12.8 Å². The maximum atomic E-state index is 14.6. The number of rotatable bonds is 11. The van der Waals surface area contributed by atoms with Crippen molar-refractivity contribution in [2.45, 2.75) is 25.9 Å². The predicted molar refractivity (Wildman–Crippen MR) is 148 cm³/mol. The number of nitrogens with zero attached hydrogens (tertiary/aromatic N) is 2. The van der Waals surface area contributed by atoms with E-state index in [1.54, 1.807) is 19.1 Å². The van der Waals surface area contributed by atoms with Crippen molar-refractivity contribution in [2.24, 2.45) is 0 Å². The van der Waals surface area contributed by atoms with Crippen molar-refractivity contribution < 1.29 is 22.4 Å². The zero-order valence-corrected chi connectivity index (χ0v) is 23.2. The largest absolute Gasteiger partial charge is 0.355 e. The third-order valence-electron chi connectivity index (χ3n) is 5.78. The Morgan fingerprint density at radius 2 is 1.66 bits per heavy atom. The highest BCUT2D eigenvalue weighted by molar-refractivity contribution is 7.92. The molecular weight excluding hydrogens is 552 g/mol. The van der Waals surface area contributed by atoms with E-state index in [2.05, 4.69) is 5.32 Å². The Kier molecular flexibility index (Phi) is 10.1. The van der Waals surface area contributed by atoms with E-state index in [0.717, 1.165) is 17.9 Å². The van der Waals surface area contributed by atoms with E-state index in [1.807, 2.05) is 30.3 Å². The van der Waals surface area contributed by atoms with Gasteiger partial charge in [-0.05, 0) is 42.3 Å². The highest BCUT2D eigenvalue weighted by Gasteiger charge is 2.33. The lowest BCUT2D eigenvalue weighted by atomic mass is 10.0. The molecule has 3 rings (SSSR count). The molecule has 3 aromatic carbocycles. The summed E-state index contributed by atoms with van der Waals surface area (Å²) in [5, 5.41) is 3.43. The zero-order chi connectivity index (χ0) is 27.9. The van der Waals surface area contributed by atoms with Crippen LogP contribution in [0.2, 0.25) is 10.0 Å². The summed E-state index contributed by atoms with van der Waals surface area (Å²) in [5.74, 6) is -1.94. The van der Waals surface area contributed by atoms with Crippen molar-refractivity contribution in [3.63, 3.8) is 0 Å². The predicted octanol–water partition coefficient (Wildman–Crippen LogP) is 4.67. The molecule has 2 amide bonds. The van der Waals surface area contributed by atoms with Crippen LogP contribution in [0.4, 0.5) is 10.1 Å². The van der Waals surface area contributed by atoms with Crippen LogP contribution in [0.25, 0.3) is 0 Å². The van der Waals surface area contributed by atoms with E-state index < -0.39 is 40.2 Å². The molecule has 0 aliphatic rings. The number of likely N-dealkylation sites (N-methyl/N-ethyl adjacent to an activating group) is 1. The number of benzene rings is 3. The van der Waals surface area contributed by atoms with Crippen molar-refractivity contribution in [3.8, 4) is 0 Å². The van der Waals surface area contributed by atoms with Crippen molar-refractivity contribution in [3.05, 3.63) is 99.8 Å². The number of amides is 2. The standard InChI is InChI=1S/C27H28Cl2FN3O4S/c1-3-31-27(35)25(15-19-9-5-4-6-10-19)32(17-20-13-14-21(28)16-22(20)29)26(34)18-33(38(2,36)37)24-12-8-7-11-23(24)30/h4-14,16,25H,3,15,17-18H2,1-2H3,(H,31,35)/t25-/m1/s1. The summed E-state index contributed by atoms with van der Waals surface area (Å²) >= 11 is 12.4. The van der Waals surface area contributed by atoms with Gasteiger partial charge in [-0.2, -0.15) is 0 Å². The van der Waals surface area contributed by atoms with E-state index >= 15 is 0 Å². The summed E-state index contributed by atoms with van der Waals surface area (Å²) in [6, 6.07) is 18.1. The number of hydrogen-bond donors (Lipinski definition) is 1. The van der Waals surface area contributed by atoms with Crippen LogP contribution in [0.5, 0.6) is 0 Å². The fourth-order valence-electron chi connectivity index (χ4n) is 3.93. The van der Waals surface area contributed by atoms with Gasteiger partial charge in [0.25, 0.3) is 0 Å². The van der Waals surface area contributed by atoms with Crippen molar-refractivity contribution in [1.29, 1.82) is 0 Å². The van der Waals surface area contributed by atoms with Crippen LogP contribution in [0.15, 0.2) is 72.8 Å². The molecule has 3 aromatic rings. The Morgan fingerprint density at radius 1 is 1.00 bits per heavy atom. The second kappa shape index (κ2) is 13.1. The van der Waals surface area contributed by atoms with Crippen LogP contribution >= 0.6 is 23.2 Å². The van der Waals surface area contributed by atoms with Gasteiger partial charge in [0, 0.05) is 29.6 Å². The molecule has 0 fully saturated rings. The number of sulfonamides is 1. The molecule has 0 spiro atoms. The molecule has 0 saturated carbocycles. The summed E-state index contributed by atoms with van der Waals surface area (Å²) in [7, 11) is -4.07. The maximum Gasteiger partial charge on any atom is 0.244 e. The van der Waals surface area contributed by atoms with Gasteiger partial charge in [-0.1, -0.05) is 71.7 Å². The highest BCUT2D eigenvalue weighted by atomic mass is 35.5. The van der Waals surface area contributed by atoms with Crippen LogP contribution < -0.4 is 9.62 Å². The van der Waals surface area contributed by atoms with Gasteiger partial charge in [0.2, 0.25) is 21.8 Å². The minimum atomic E-state index is -4.07. The summed E-state index contributed by atoms with van der Waals surface area (Å²) in [6.45, 7) is 1.23. The Labute approximate surface area is 232 Å². The van der Waals surface area contributed by atoms with Crippen LogP contribution in [0.3, 0.4) is 0 Å². The van der Waals surface area contributed by atoms with Gasteiger partial charge >= 0.3 is 0 Å². The molecule has 0 radical (unpaired) electrons. The van der Waals surface area contributed by atoms with Gasteiger partial charge in [-0.15, -0.1) is 0 Å². The topological polar surface area (TPSA) is 86.8 Å². The van der Waals surface area contributed by atoms with Crippen LogP contribution in [-0.2, 0) is 32.6 Å². The van der Waals surface area contributed by atoms with Crippen molar-refractivity contribution >= 4 is 50.7 Å². The number of nitrogens with one attached hydrogen (secondary N) is 1. The number of anilines is 1. The Morgan fingerprint density at radius 3 is 2.26 bits per heavy atom. The second-order valence-corrected chi connectivity index (χ2v) is 11.3. The number of para-hydroxylation sites is 1. The van der Waals surface area contributed by atoms with Crippen LogP contribution in [0.1, 0.15) is 18.1 Å². The van der Waals surface area contributed by atoms with E-state index in [4.69, 9.17) is 23.2 Å². The molecular formula is C27H28Cl2FN3O4S. The second-order valence-electron chi connectivity index (χ2n) is 8.58. The van der Waals surface area contributed by atoms with Crippen LogP contribution in [-0.4, -0.2) is 50.5 Å². The molecule has 0 bridgehead atoms. The summed E-state index contributed by atoms with van der Waals surface area (Å²) in [6.07, 6.45) is 1.04. The summed E-state index contributed by atoms with van der Waals surface area (Å²) in [5.41, 5.74) is 1.02. The monoisotopic (exact) mass is 579 g/mol. The molecule has 0 heterocycles. The minimum Gasteiger partial charge on any atom is -0.355 e. The maximum absolute atomic E-state index is 14.6. The first kappa shape index (κ1) is 29.4. The molecule has 38 heavy (non-hydrogen) atoms. The molecule has 11 heteroatoms. The Balaban J connectivity index is 2.08. The van der Waals surface area contributed by atoms with Gasteiger partial charge in [0.05, 0.1) is 11.9 Å². The molecule has 1 N–H and O–H groups in total. The molecule has 0 aliphatic carbocycles. The first-order chi connectivity index (χ1) is 18.0. The lowest BCUT2D eigenvalue weighted by molar-refractivity contribution is -0.140. The molecule has 7 nitrogen and oxygen atoms in total. The first-order valence-corrected chi connectivity index (χ1v) is 14.4. The fraction of sp³-hybridized carbons (Fsp3) is 0.259. The van der Waals surface area contributed by atoms with Gasteiger partial charge < -0.3 is 10.2 Å². The smallest absolute Gasteiger partial charge is 0.244 e. The lowest BCUT2D eigenvalue weighted by Gasteiger charge is -2.33. The molecule has 202 valence electrons. The average molecular weight is 581 g/mol. The number of carbonyl (C=O) groups is 2.